The monoisotopic (exact) mass is 387 g/mol. The van der Waals surface area contributed by atoms with Crippen LogP contribution in [0.2, 0.25) is 0 Å². The quantitative estimate of drug-likeness (QED) is 0.502. The first-order valence-electron chi connectivity index (χ1n) is 8.70. The van der Waals surface area contributed by atoms with Crippen LogP contribution in [0.5, 0.6) is 0 Å². The first-order valence-corrected chi connectivity index (χ1v) is 9.69. The highest BCUT2D eigenvalue weighted by Gasteiger charge is 2.11. The fourth-order valence-electron chi connectivity index (χ4n) is 2.69. The second-order valence-corrected chi connectivity index (χ2v) is 7.05. The van der Waals surface area contributed by atoms with Crippen molar-refractivity contribution >= 4 is 23.4 Å². The van der Waals surface area contributed by atoms with Gasteiger partial charge < -0.3 is 5.32 Å². The van der Waals surface area contributed by atoms with E-state index in [9.17, 15) is 4.79 Å². The Morgan fingerprint density at radius 2 is 1.79 bits per heavy atom. The Hall–Kier alpha value is -3.45. The van der Waals surface area contributed by atoms with Crippen LogP contribution in [0.1, 0.15) is 15.9 Å². The minimum Gasteiger partial charge on any atom is -0.321 e. The number of anilines is 1. The van der Waals surface area contributed by atoms with Gasteiger partial charge in [0.15, 0.2) is 0 Å². The molecule has 1 aromatic heterocycles. The van der Waals surface area contributed by atoms with Gasteiger partial charge in [0.05, 0.1) is 11.4 Å². The Labute approximate surface area is 166 Å². The maximum absolute atomic E-state index is 12.8. The summed E-state index contributed by atoms with van der Waals surface area (Å²) in [6.45, 7) is 0. The standard InChI is InChI=1S/C21H17N5OS/c27-21(17-9-6-10-18(13-17)26-15-22-24-25-26)23-19-11-4-5-12-20(19)28-14-16-7-2-1-3-8-16/h1-13,15H,14H2,(H,23,27). The number of benzene rings is 3. The second-order valence-electron chi connectivity index (χ2n) is 6.03. The van der Waals surface area contributed by atoms with Crippen molar-refractivity contribution in [1.82, 2.24) is 20.2 Å². The van der Waals surface area contributed by atoms with Crippen LogP contribution in [0, 0.1) is 0 Å². The summed E-state index contributed by atoms with van der Waals surface area (Å²) in [5, 5.41) is 14.1. The molecule has 0 atom stereocenters. The van der Waals surface area contributed by atoms with Crippen molar-refractivity contribution in [3.05, 3.63) is 96.3 Å². The molecule has 1 amide bonds. The summed E-state index contributed by atoms with van der Waals surface area (Å²) in [6, 6.07) is 25.2. The summed E-state index contributed by atoms with van der Waals surface area (Å²) in [5.41, 5.74) is 3.30. The van der Waals surface area contributed by atoms with Crippen LogP contribution in [0.3, 0.4) is 0 Å². The molecule has 1 heterocycles. The highest BCUT2D eigenvalue weighted by Crippen LogP contribution is 2.30. The number of rotatable bonds is 6. The molecule has 1 N–H and O–H groups in total. The lowest BCUT2D eigenvalue weighted by Crippen LogP contribution is -2.13. The topological polar surface area (TPSA) is 72.7 Å². The van der Waals surface area contributed by atoms with Crippen LogP contribution in [0.15, 0.2) is 90.1 Å². The Morgan fingerprint density at radius 1 is 0.964 bits per heavy atom. The molecule has 4 aromatic rings. The van der Waals surface area contributed by atoms with Gasteiger partial charge in [-0.15, -0.1) is 16.9 Å². The molecule has 0 spiro atoms. The molecule has 0 unspecified atom stereocenters. The van der Waals surface area contributed by atoms with Crippen LogP contribution < -0.4 is 5.32 Å². The van der Waals surface area contributed by atoms with E-state index in [1.165, 1.54) is 16.6 Å². The lowest BCUT2D eigenvalue weighted by atomic mass is 10.2. The van der Waals surface area contributed by atoms with Crippen molar-refractivity contribution in [2.45, 2.75) is 10.6 Å². The van der Waals surface area contributed by atoms with Crippen molar-refractivity contribution in [3.8, 4) is 5.69 Å². The lowest BCUT2D eigenvalue weighted by Gasteiger charge is -2.11. The number of hydrogen-bond acceptors (Lipinski definition) is 5. The largest absolute Gasteiger partial charge is 0.321 e. The summed E-state index contributed by atoms with van der Waals surface area (Å²) in [4.78, 5) is 13.8. The number of carbonyl (C=O) groups excluding carboxylic acids is 1. The average molecular weight is 387 g/mol. The fraction of sp³-hybridized carbons (Fsp3) is 0.0476. The zero-order chi connectivity index (χ0) is 19.2. The van der Waals surface area contributed by atoms with Crippen molar-refractivity contribution in [1.29, 1.82) is 0 Å². The molecule has 28 heavy (non-hydrogen) atoms. The first kappa shape index (κ1) is 17.9. The summed E-state index contributed by atoms with van der Waals surface area (Å²) in [5.74, 6) is 0.658. The Kier molecular flexibility index (Phi) is 5.44. The fourth-order valence-corrected chi connectivity index (χ4v) is 3.66. The molecule has 4 rings (SSSR count). The van der Waals surface area contributed by atoms with Gasteiger partial charge in [-0.1, -0.05) is 48.5 Å². The van der Waals surface area contributed by atoms with Gasteiger partial charge in [0.2, 0.25) is 0 Å². The lowest BCUT2D eigenvalue weighted by molar-refractivity contribution is 0.102. The second kappa shape index (κ2) is 8.49. The molecule has 0 aliphatic carbocycles. The van der Waals surface area contributed by atoms with Gasteiger partial charge in [0.1, 0.15) is 6.33 Å². The van der Waals surface area contributed by atoms with Crippen LogP contribution in [-0.2, 0) is 5.75 Å². The van der Waals surface area contributed by atoms with E-state index in [1.807, 2.05) is 54.6 Å². The predicted octanol–water partition coefficient (Wildman–Crippen LogP) is 4.21. The summed E-state index contributed by atoms with van der Waals surface area (Å²) >= 11 is 1.69. The molecule has 6 nitrogen and oxygen atoms in total. The summed E-state index contributed by atoms with van der Waals surface area (Å²) < 4.78 is 1.51. The molecule has 3 aromatic carbocycles. The third-order valence-corrected chi connectivity index (χ3v) is 5.24. The molecule has 0 fully saturated rings. The molecular formula is C21H17N5OS. The summed E-state index contributed by atoms with van der Waals surface area (Å²) in [7, 11) is 0. The van der Waals surface area contributed by atoms with E-state index < -0.39 is 0 Å². The van der Waals surface area contributed by atoms with Gasteiger partial charge in [-0.25, -0.2) is 4.68 Å². The Balaban J connectivity index is 1.50. The minimum atomic E-state index is -0.178. The van der Waals surface area contributed by atoms with Gasteiger partial charge in [0.25, 0.3) is 5.91 Å². The van der Waals surface area contributed by atoms with Crippen molar-refractivity contribution in [2.24, 2.45) is 0 Å². The zero-order valence-corrected chi connectivity index (χ0v) is 15.7. The van der Waals surface area contributed by atoms with Crippen LogP contribution in [-0.4, -0.2) is 26.1 Å². The van der Waals surface area contributed by atoms with Gasteiger partial charge >= 0.3 is 0 Å². The number of para-hydroxylation sites is 1. The van der Waals surface area contributed by atoms with E-state index in [0.29, 0.717) is 5.56 Å². The average Bonchev–Trinajstić information content (AvgIpc) is 3.29. The predicted molar refractivity (Wildman–Crippen MR) is 110 cm³/mol. The number of nitrogens with one attached hydrogen (secondary N) is 1. The van der Waals surface area contributed by atoms with E-state index in [1.54, 1.807) is 23.9 Å². The van der Waals surface area contributed by atoms with E-state index in [2.05, 4.69) is 33.0 Å². The number of aromatic nitrogens is 4. The highest BCUT2D eigenvalue weighted by molar-refractivity contribution is 7.98. The minimum absolute atomic E-state index is 0.178. The van der Waals surface area contributed by atoms with Gasteiger partial charge in [0, 0.05) is 16.2 Å². The maximum Gasteiger partial charge on any atom is 0.255 e. The number of hydrogen-bond donors (Lipinski definition) is 1. The maximum atomic E-state index is 12.8. The number of nitrogens with zero attached hydrogens (tertiary/aromatic N) is 4. The molecule has 0 radical (unpaired) electrons. The van der Waals surface area contributed by atoms with E-state index >= 15 is 0 Å². The third kappa shape index (κ3) is 4.27. The van der Waals surface area contributed by atoms with Gasteiger partial charge in [-0.05, 0) is 46.3 Å². The zero-order valence-electron chi connectivity index (χ0n) is 14.9. The Bertz CT molecular complexity index is 1070. The first-order chi connectivity index (χ1) is 13.8. The molecule has 0 bridgehead atoms. The van der Waals surface area contributed by atoms with Crippen molar-refractivity contribution in [2.75, 3.05) is 5.32 Å². The molecule has 7 heteroatoms. The van der Waals surface area contributed by atoms with E-state index in [-0.39, 0.29) is 5.91 Å². The molecule has 138 valence electrons. The number of amides is 1. The summed E-state index contributed by atoms with van der Waals surface area (Å²) in [6.07, 6.45) is 1.49. The van der Waals surface area contributed by atoms with Crippen molar-refractivity contribution < 1.29 is 4.79 Å². The Morgan fingerprint density at radius 3 is 2.61 bits per heavy atom. The number of tetrazole rings is 1. The van der Waals surface area contributed by atoms with Gasteiger partial charge in [-0.3, -0.25) is 4.79 Å². The van der Waals surface area contributed by atoms with E-state index in [4.69, 9.17) is 0 Å². The highest BCUT2D eigenvalue weighted by atomic mass is 32.2. The molecule has 0 aliphatic rings. The van der Waals surface area contributed by atoms with Crippen LogP contribution in [0.4, 0.5) is 5.69 Å². The van der Waals surface area contributed by atoms with E-state index in [0.717, 1.165) is 22.0 Å². The molecule has 0 saturated heterocycles. The molecule has 0 saturated carbocycles. The van der Waals surface area contributed by atoms with Gasteiger partial charge in [-0.2, -0.15) is 0 Å². The van der Waals surface area contributed by atoms with Crippen LogP contribution in [0.25, 0.3) is 5.69 Å². The smallest absolute Gasteiger partial charge is 0.255 e. The third-order valence-electron chi connectivity index (χ3n) is 4.09. The SMILES string of the molecule is O=C(Nc1ccccc1SCc1ccccc1)c1cccc(-n2cnnn2)c1. The molecule has 0 aliphatic heterocycles. The normalized spacial score (nSPS) is 10.6. The number of thioether (sulfide) groups is 1. The van der Waals surface area contributed by atoms with Crippen LogP contribution >= 0.6 is 11.8 Å². The number of carbonyl (C=O) groups is 1. The molecular weight excluding hydrogens is 370 g/mol. The van der Waals surface area contributed by atoms with Crippen molar-refractivity contribution in [3.63, 3.8) is 0 Å².